The predicted octanol–water partition coefficient (Wildman–Crippen LogP) is 6.49. The number of aromatic nitrogens is 1. The zero-order valence-corrected chi connectivity index (χ0v) is 21.0. The Hall–Kier alpha value is -3.72. The monoisotopic (exact) mass is 512 g/mol. The van der Waals surface area contributed by atoms with E-state index in [0.29, 0.717) is 36.5 Å². The second-order valence-corrected chi connectivity index (χ2v) is 9.57. The number of alkyl halides is 2. The number of hydrogen-bond donors (Lipinski definition) is 0. The molecule has 1 saturated heterocycles. The van der Waals surface area contributed by atoms with Crippen molar-refractivity contribution in [3.63, 3.8) is 0 Å². The van der Waals surface area contributed by atoms with Crippen molar-refractivity contribution in [3.05, 3.63) is 78.1 Å². The van der Waals surface area contributed by atoms with Crippen molar-refractivity contribution in [2.75, 3.05) is 11.5 Å². The summed E-state index contributed by atoms with van der Waals surface area (Å²) in [5.41, 5.74) is 1.98. The van der Waals surface area contributed by atoms with Crippen LogP contribution in [0, 0.1) is 0 Å². The summed E-state index contributed by atoms with van der Waals surface area (Å²) in [7, 11) is 0. The van der Waals surface area contributed by atoms with E-state index in [1.807, 2.05) is 43.9 Å². The van der Waals surface area contributed by atoms with Crippen molar-refractivity contribution in [3.8, 4) is 11.5 Å². The van der Waals surface area contributed by atoms with Gasteiger partial charge in [-0.3, -0.25) is 4.98 Å². The summed E-state index contributed by atoms with van der Waals surface area (Å²) < 4.78 is 47.9. The average Bonchev–Trinajstić information content (AvgIpc) is 3.36. The SMILES string of the molecule is CC(C)(C)OC(=O)c1cccc(N(Cc2cccnc2)c2ccc(OC(F)F)c(OC3CCCO3)c2)c1. The molecule has 1 unspecified atom stereocenters. The molecular formula is C28H30F2N2O5. The number of nitrogens with zero attached hydrogens (tertiary/aromatic N) is 2. The summed E-state index contributed by atoms with van der Waals surface area (Å²) in [6, 6.07) is 15.5. The van der Waals surface area contributed by atoms with Gasteiger partial charge in [-0.15, -0.1) is 0 Å². The third kappa shape index (κ3) is 7.39. The van der Waals surface area contributed by atoms with Gasteiger partial charge in [-0.1, -0.05) is 12.1 Å². The van der Waals surface area contributed by atoms with Crippen molar-refractivity contribution in [1.29, 1.82) is 0 Å². The van der Waals surface area contributed by atoms with Gasteiger partial charge in [-0.25, -0.2) is 4.79 Å². The van der Waals surface area contributed by atoms with Gasteiger partial charge in [-0.2, -0.15) is 8.78 Å². The molecule has 1 aliphatic rings. The first-order chi connectivity index (χ1) is 17.7. The first-order valence-electron chi connectivity index (χ1n) is 12.0. The van der Waals surface area contributed by atoms with E-state index < -0.39 is 24.5 Å². The van der Waals surface area contributed by atoms with Crippen molar-refractivity contribution < 1.29 is 32.5 Å². The molecule has 0 N–H and O–H groups in total. The van der Waals surface area contributed by atoms with Gasteiger partial charge < -0.3 is 23.8 Å². The summed E-state index contributed by atoms with van der Waals surface area (Å²) >= 11 is 0. The predicted molar refractivity (Wildman–Crippen MR) is 134 cm³/mol. The first kappa shape index (κ1) is 26.3. The van der Waals surface area contributed by atoms with Crippen LogP contribution in [0.3, 0.4) is 0 Å². The molecule has 0 aliphatic carbocycles. The Labute approximate surface area is 214 Å². The summed E-state index contributed by atoms with van der Waals surface area (Å²) in [4.78, 5) is 18.9. The topological polar surface area (TPSA) is 70.1 Å². The van der Waals surface area contributed by atoms with Gasteiger partial charge in [-0.05, 0) is 69.2 Å². The highest BCUT2D eigenvalue weighted by atomic mass is 19.3. The van der Waals surface area contributed by atoms with Crippen LogP contribution in [0.5, 0.6) is 11.5 Å². The Balaban J connectivity index is 1.73. The van der Waals surface area contributed by atoms with Crippen LogP contribution in [0.25, 0.3) is 0 Å². The first-order valence-corrected chi connectivity index (χ1v) is 12.0. The van der Waals surface area contributed by atoms with Crippen LogP contribution < -0.4 is 14.4 Å². The van der Waals surface area contributed by atoms with Crippen LogP contribution in [0.2, 0.25) is 0 Å². The fourth-order valence-electron chi connectivity index (χ4n) is 3.88. The molecule has 1 fully saturated rings. The number of hydrogen-bond acceptors (Lipinski definition) is 7. The van der Waals surface area contributed by atoms with E-state index in [1.54, 1.807) is 42.7 Å². The van der Waals surface area contributed by atoms with E-state index >= 15 is 0 Å². The van der Waals surface area contributed by atoms with Gasteiger partial charge in [0.2, 0.25) is 0 Å². The number of anilines is 2. The van der Waals surface area contributed by atoms with E-state index in [9.17, 15) is 13.6 Å². The highest BCUT2D eigenvalue weighted by Crippen LogP contribution is 2.38. The third-order valence-corrected chi connectivity index (χ3v) is 5.46. The molecule has 2 aromatic carbocycles. The van der Waals surface area contributed by atoms with Crippen LogP contribution in [0.4, 0.5) is 20.2 Å². The minimum Gasteiger partial charge on any atom is -0.461 e. The lowest BCUT2D eigenvalue weighted by Gasteiger charge is -2.27. The Bertz CT molecular complexity index is 1190. The average molecular weight is 513 g/mol. The van der Waals surface area contributed by atoms with Gasteiger partial charge >= 0.3 is 12.6 Å². The van der Waals surface area contributed by atoms with Gasteiger partial charge in [0.05, 0.1) is 12.2 Å². The van der Waals surface area contributed by atoms with Gasteiger partial charge in [0.1, 0.15) is 5.60 Å². The smallest absolute Gasteiger partial charge is 0.387 e. The molecule has 1 aromatic heterocycles. The number of carbonyl (C=O) groups is 1. The Kier molecular flexibility index (Phi) is 8.23. The van der Waals surface area contributed by atoms with Crippen molar-refractivity contribution in [1.82, 2.24) is 4.98 Å². The van der Waals surface area contributed by atoms with Crippen molar-refractivity contribution in [2.24, 2.45) is 0 Å². The van der Waals surface area contributed by atoms with Gasteiger partial charge in [0, 0.05) is 42.8 Å². The molecular weight excluding hydrogens is 482 g/mol. The minimum atomic E-state index is -3.00. The number of halogens is 2. The maximum atomic E-state index is 13.1. The molecule has 0 saturated carbocycles. The summed E-state index contributed by atoms with van der Waals surface area (Å²) in [6.45, 7) is 3.35. The molecule has 4 rings (SSSR count). The largest absolute Gasteiger partial charge is 0.461 e. The van der Waals surface area contributed by atoms with E-state index in [-0.39, 0.29) is 11.5 Å². The standard InChI is InChI=1S/C28H30F2N2O5/c1-28(2,3)37-26(33)20-8-4-9-21(15-20)32(18-19-7-5-13-31-17-19)22-11-12-23(36-27(29)30)24(16-22)35-25-10-6-14-34-25/h4-5,7-9,11-13,15-17,25,27H,6,10,14,18H2,1-3H3. The lowest BCUT2D eigenvalue weighted by molar-refractivity contribution is -0.0632. The lowest BCUT2D eigenvalue weighted by Crippen LogP contribution is -2.24. The molecule has 0 amide bonds. The zero-order chi connectivity index (χ0) is 26.4. The molecule has 0 radical (unpaired) electrons. The van der Waals surface area contributed by atoms with E-state index in [2.05, 4.69) is 4.98 Å². The lowest BCUT2D eigenvalue weighted by atomic mass is 10.1. The van der Waals surface area contributed by atoms with Gasteiger partial charge in [0.15, 0.2) is 17.8 Å². The van der Waals surface area contributed by atoms with Crippen LogP contribution in [-0.2, 0) is 16.0 Å². The zero-order valence-electron chi connectivity index (χ0n) is 21.0. The summed E-state index contributed by atoms with van der Waals surface area (Å²) in [5.74, 6) is -0.388. The van der Waals surface area contributed by atoms with Crippen LogP contribution >= 0.6 is 0 Å². The summed E-state index contributed by atoms with van der Waals surface area (Å²) in [5, 5.41) is 0. The fourth-order valence-corrected chi connectivity index (χ4v) is 3.88. The van der Waals surface area contributed by atoms with E-state index in [4.69, 9.17) is 18.9 Å². The highest BCUT2D eigenvalue weighted by Gasteiger charge is 2.23. The Morgan fingerprint density at radius 1 is 1.11 bits per heavy atom. The minimum absolute atomic E-state index is 0.0851. The molecule has 3 aromatic rings. The van der Waals surface area contributed by atoms with E-state index in [1.165, 1.54) is 6.07 Å². The quantitative estimate of drug-likeness (QED) is 0.304. The molecule has 1 atom stereocenters. The highest BCUT2D eigenvalue weighted by molar-refractivity contribution is 5.91. The summed E-state index contributed by atoms with van der Waals surface area (Å²) in [6.07, 6.45) is 4.34. The third-order valence-electron chi connectivity index (χ3n) is 5.46. The number of carbonyl (C=O) groups excluding carboxylic acids is 1. The molecule has 2 heterocycles. The number of esters is 1. The molecule has 7 nitrogen and oxygen atoms in total. The maximum Gasteiger partial charge on any atom is 0.387 e. The maximum absolute atomic E-state index is 13.1. The van der Waals surface area contributed by atoms with Crippen molar-refractivity contribution in [2.45, 2.75) is 58.7 Å². The van der Waals surface area contributed by atoms with Crippen LogP contribution in [0.15, 0.2) is 67.0 Å². The number of rotatable bonds is 9. The van der Waals surface area contributed by atoms with Crippen molar-refractivity contribution >= 4 is 17.3 Å². The Morgan fingerprint density at radius 3 is 2.59 bits per heavy atom. The second-order valence-electron chi connectivity index (χ2n) is 9.57. The second kappa shape index (κ2) is 11.6. The van der Waals surface area contributed by atoms with Gasteiger partial charge in [0.25, 0.3) is 0 Å². The Morgan fingerprint density at radius 2 is 1.92 bits per heavy atom. The normalized spacial score (nSPS) is 15.5. The molecule has 0 bridgehead atoms. The number of pyridine rings is 1. The number of benzene rings is 2. The molecule has 1 aliphatic heterocycles. The molecule has 196 valence electrons. The van der Waals surface area contributed by atoms with E-state index in [0.717, 1.165) is 12.0 Å². The molecule has 9 heteroatoms. The number of ether oxygens (including phenoxy) is 4. The van der Waals surface area contributed by atoms with Crippen LogP contribution in [0.1, 0.15) is 49.5 Å². The molecule has 37 heavy (non-hydrogen) atoms. The molecule has 0 spiro atoms. The fraction of sp³-hybridized carbons (Fsp3) is 0.357. The van der Waals surface area contributed by atoms with Crippen LogP contribution in [-0.4, -0.2) is 36.1 Å².